The summed E-state index contributed by atoms with van der Waals surface area (Å²) < 4.78 is 32.2. The number of furan rings is 1. The average Bonchev–Trinajstić information content (AvgIpc) is 2.77. The first kappa shape index (κ1) is 13.6. The van der Waals surface area contributed by atoms with Gasteiger partial charge in [-0.3, -0.25) is 0 Å². The molecule has 3 N–H and O–H groups in total. The largest absolute Gasteiger partial charge is 0.468 e. The van der Waals surface area contributed by atoms with Crippen molar-refractivity contribution in [2.24, 2.45) is 0 Å². The highest BCUT2D eigenvalue weighted by Gasteiger charge is 2.19. The van der Waals surface area contributed by atoms with Gasteiger partial charge < -0.3 is 10.2 Å². The number of anilines is 1. The second-order valence-corrected chi connectivity index (χ2v) is 6.09. The van der Waals surface area contributed by atoms with Crippen LogP contribution in [-0.4, -0.2) is 8.42 Å². The van der Waals surface area contributed by atoms with E-state index in [1.807, 2.05) is 0 Å². The molecule has 0 fully saturated rings. The molecule has 0 unspecified atom stereocenters. The molecule has 0 radical (unpaired) electrons. The summed E-state index contributed by atoms with van der Waals surface area (Å²) >= 11 is 0. The van der Waals surface area contributed by atoms with Gasteiger partial charge in [-0.05, 0) is 49.2 Å². The predicted molar refractivity (Wildman–Crippen MR) is 73.1 cm³/mol. The van der Waals surface area contributed by atoms with Gasteiger partial charge in [0.05, 0.1) is 17.7 Å². The van der Waals surface area contributed by atoms with Crippen LogP contribution in [0.2, 0.25) is 0 Å². The maximum atomic E-state index is 12.3. The third-order valence-electron chi connectivity index (χ3n) is 2.77. The number of sulfonamides is 1. The van der Waals surface area contributed by atoms with Crippen LogP contribution in [-0.2, 0) is 16.6 Å². The fourth-order valence-corrected chi connectivity index (χ4v) is 3.50. The van der Waals surface area contributed by atoms with E-state index in [1.54, 1.807) is 38.1 Å². The van der Waals surface area contributed by atoms with Gasteiger partial charge in [-0.1, -0.05) is 0 Å². The lowest BCUT2D eigenvalue weighted by Crippen LogP contribution is -2.24. The van der Waals surface area contributed by atoms with Crippen LogP contribution in [0.1, 0.15) is 16.9 Å². The van der Waals surface area contributed by atoms with E-state index in [1.165, 1.54) is 6.26 Å². The number of nitrogens with two attached hydrogens (primary N) is 1. The number of aryl methyl sites for hydroxylation is 2. The van der Waals surface area contributed by atoms with Crippen molar-refractivity contribution in [3.63, 3.8) is 0 Å². The summed E-state index contributed by atoms with van der Waals surface area (Å²) in [6, 6.07) is 6.72. The molecule has 1 aromatic heterocycles. The molecule has 0 amide bonds. The third kappa shape index (κ3) is 2.97. The molecule has 0 aliphatic rings. The smallest absolute Gasteiger partial charge is 0.241 e. The van der Waals surface area contributed by atoms with Gasteiger partial charge in [0.2, 0.25) is 10.0 Å². The number of nitrogens with one attached hydrogen (secondary N) is 1. The maximum Gasteiger partial charge on any atom is 0.241 e. The molecular weight excluding hydrogens is 264 g/mol. The molecule has 0 atom stereocenters. The fraction of sp³-hybridized carbons (Fsp3) is 0.231. The van der Waals surface area contributed by atoms with Crippen molar-refractivity contribution in [3.8, 4) is 0 Å². The fourth-order valence-electron chi connectivity index (χ4n) is 2.06. The Labute approximate surface area is 112 Å². The van der Waals surface area contributed by atoms with E-state index in [4.69, 9.17) is 10.2 Å². The quantitative estimate of drug-likeness (QED) is 0.838. The molecule has 0 aliphatic heterocycles. The minimum atomic E-state index is -3.58. The van der Waals surface area contributed by atoms with E-state index in [2.05, 4.69) is 4.72 Å². The van der Waals surface area contributed by atoms with Crippen molar-refractivity contribution in [3.05, 3.63) is 47.4 Å². The van der Waals surface area contributed by atoms with Crippen LogP contribution in [0.25, 0.3) is 0 Å². The summed E-state index contributed by atoms with van der Waals surface area (Å²) in [6.07, 6.45) is 1.50. The summed E-state index contributed by atoms with van der Waals surface area (Å²) in [6.45, 7) is 3.58. The molecule has 0 saturated heterocycles. The van der Waals surface area contributed by atoms with Crippen molar-refractivity contribution < 1.29 is 12.8 Å². The molecule has 0 aliphatic carbocycles. The summed E-state index contributed by atoms with van der Waals surface area (Å²) in [5, 5.41) is 0. The van der Waals surface area contributed by atoms with Crippen LogP contribution in [0, 0.1) is 13.8 Å². The Bertz CT molecular complexity index is 653. The summed E-state index contributed by atoms with van der Waals surface area (Å²) in [4.78, 5) is 0.272. The van der Waals surface area contributed by atoms with Gasteiger partial charge in [0.25, 0.3) is 0 Å². The molecule has 1 aromatic carbocycles. The molecule has 0 saturated carbocycles. The lowest BCUT2D eigenvalue weighted by atomic mass is 10.1. The topological polar surface area (TPSA) is 85.3 Å². The van der Waals surface area contributed by atoms with E-state index in [-0.39, 0.29) is 11.4 Å². The van der Waals surface area contributed by atoms with Crippen LogP contribution in [0.3, 0.4) is 0 Å². The first-order valence-corrected chi connectivity index (χ1v) is 7.27. The lowest BCUT2D eigenvalue weighted by molar-refractivity contribution is 0.498. The van der Waals surface area contributed by atoms with Crippen molar-refractivity contribution >= 4 is 15.7 Å². The zero-order chi connectivity index (χ0) is 14.0. The molecule has 102 valence electrons. The Hall–Kier alpha value is -1.79. The Kier molecular flexibility index (Phi) is 3.64. The van der Waals surface area contributed by atoms with Gasteiger partial charge in [0, 0.05) is 5.69 Å². The van der Waals surface area contributed by atoms with Crippen molar-refractivity contribution in [2.75, 3.05) is 5.73 Å². The number of benzene rings is 1. The molecule has 1 heterocycles. The Balaban J connectivity index is 2.29. The van der Waals surface area contributed by atoms with Gasteiger partial charge >= 0.3 is 0 Å². The lowest BCUT2D eigenvalue weighted by Gasteiger charge is -2.12. The van der Waals surface area contributed by atoms with Crippen molar-refractivity contribution in [1.82, 2.24) is 4.72 Å². The number of hydrogen-bond acceptors (Lipinski definition) is 4. The van der Waals surface area contributed by atoms with Gasteiger partial charge in [-0.25, -0.2) is 13.1 Å². The van der Waals surface area contributed by atoms with Gasteiger partial charge in [-0.2, -0.15) is 0 Å². The number of hydrogen-bond donors (Lipinski definition) is 2. The van der Waals surface area contributed by atoms with Crippen LogP contribution >= 0.6 is 0 Å². The monoisotopic (exact) mass is 280 g/mol. The van der Waals surface area contributed by atoms with Crippen molar-refractivity contribution in [2.45, 2.75) is 25.3 Å². The first-order chi connectivity index (χ1) is 8.90. The highest BCUT2D eigenvalue weighted by molar-refractivity contribution is 7.89. The van der Waals surface area contributed by atoms with E-state index in [0.29, 0.717) is 22.6 Å². The second-order valence-electron chi connectivity index (χ2n) is 4.39. The van der Waals surface area contributed by atoms with E-state index in [0.717, 1.165) is 0 Å². The van der Waals surface area contributed by atoms with Gasteiger partial charge in [0.1, 0.15) is 5.76 Å². The maximum absolute atomic E-state index is 12.3. The first-order valence-electron chi connectivity index (χ1n) is 5.79. The molecule has 6 heteroatoms. The van der Waals surface area contributed by atoms with Crippen LogP contribution in [0.4, 0.5) is 5.69 Å². The second kappa shape index (κ2) is 5.07. The summed E-state index contributed by atoms with van der Waals surface area (Å²) in [7, 11) is -3.58. The molecule has 5 nitrogen and oxygen atoms in total. The molecule has 0 spiro atoms. The Morgan fingerprint density at radius 1 is 1.26 bits per heavy atom. The van der Waals surface area contributed by atoms with E-state index >= 15 is 0 Å². The highest BCUT2D eigenvalue weighted by atomic mass is 32.2. The molecule has 0 bridgehead atoms. The predicted octanol–water partition coefficient (Wildman–Crippen LogP) is 1.96. The minimum absolute atomic E-state index is 0.124. The van der Waals surface area contributed by atoms with E-state index in [9.17, 15) is 8.42 Å². The molecule has 2 rings (SSSR count). The molecular formula is C13H16N2O3S. The van der Waals surface area contributed by atoms with Gasteiger partial charge in [0.15, 0.2) is 0 Å². The van der Waals surface area contributed by atoms with E-state index < -0.39 is 10.0 Å². The summed E-state index contributed by atoms with van der Waals surface area (Å²) in [5.74, 6) is 0.564. The SMILES string of the molecule is Cc1cc(N)cc(C)c1S(=O)(=O)NCc1ccco1. The van der Waals surface area contributed by atoms with Crippen LogP contribution < -0.4 is 10.5 Å². The van der Waals surface area contributed by atoms with Gasteiger partial charge in [-0.15, -0.1) is 0 Å². The van der Waals surface area contributed by atoms with Crippen LogP contribution in [0.15, 0.2) is 39.8 Å². The minimum Gasteiger partial charge on any atom is -0.468 e. The average molecular weight is 280 g/mol. The number of nitrogen functional groups attached to an aromatic ring is 1. The zero-order valence-electron chi connectivity index (χ0n) is 10.8. The molecule has 2 aromatic rings. The number of rotatable bonds is 4. The zero-order valence-corrected chi connectivity index (χ0v) is 11.6. The Morgan fingerprint density at radius 2 is 1.89 bits per heavy atom. The summed E-state index contributed by atoms with van der Waals surface area (Å²) in [5.41, 5.74) is 7.51. The third-order valence-corrected chi connectivity index (χ3v) is 4.47. The van der Waals surface area contributed by atoms with Crippen LogP contribution in [0.5, 0.6) is 0 Å². The molecule has 19 heavy (non-hydrogen) atoms. The van der Waals surface area contributed by atoms with Crippen molar-refractivity contribution in [1.29, 1.82) is 0 Å². The Morgan fingerprint density at radius 3 is 2.42 bits per heavy atom. The highest BCUT2D eigenvalue weighted by Crippen LogP contribution is 2.23. The standard InChI is InChI=1S/C13H16N2O3S/c1-9-6-11(14)7-10(2)13(9)19(16,17)15-8-12-4-3-5-18-12/h3-7,15H,8,14H2,1-2H3. The normalized spacial score (nSPS) is 11.7.